The zero-order valence-electron chi connectivity index (χ0n) is 9.77. The van der Waals surface area contributed by atoms with Gasteiger partial charge in [0.25, 0.3) is 5.91 Å². The number of amides is 1. The Kier molecular flexibility index (Phi) is 4.05. The molecule has 4 nitrogen and oxygen atoms in total. The zero-order chi connectivity index (χ0) is 13.0. The van der Waals surface area contributed by atoms with E-state index in [1.807, 2.05) is 6.07 Å². The van der Waals surface area contributed by atoms with Gasteiger partial charge in [-0.2, -0.15) is 5.26 Å². The number of nitrogen functional groups attached to an aromatic ring is 1. The van der Waals surface area contributed by atoms with Gasteiger partial charge in [0, 0.05) is 19.3 Å². The minimum Gasteiger partial charge on any atom is -0.399 e. The van der Waals surface area contributed by atoms with Crippen molar-refractivity contribution in [2.75, 3.05) is 19.3 Å². The van der Waals surface area contributed by atoms with Crippen LogP contribution in [0.1, 0.15) is 17.3 Å². The summed E-state index contributed by atoms with van der Waals surface area (Å²) < 4.78 is 13.4. The van der Waals surface area contributed by atoms with E-state index in [1.54, 1.807) is 6.92 Å². The highest BCUT2D eigenvalue weighted by Gasteiger charge is 2.17. The number of rotatable bonds is 3. The normalized spacial score (nSPS) is 11.6. The number of nitriles is 1. The van der Waals surface area contributed by atoms with Crippen LogP contribution in [0.25, 0.3) is 0 Å². The maximum Gasteiger partial charge on any atom is 0.256 e. The molecule has 1 amide bonds. The van der Waals surface area contributed by atoms with E-state index in [4.69, 9.17) is 11.0 Å². The minimum atomic E-state index is -0.610. The van der Waals surface area contributed by atoms with Crippen molar-refractivity contribution in [1.82, 2.24) is 4.90 Å². The van der Waals surface area contributed by atoms with Gasteiger partial charge < -0.3 is 10.6 Å². The summed E-state index contributed by atoms with van der Waals surface area (Å²) in [5.74, 6) is -1.38. The Morgan fingerprint density at radius 3 is 2.88 bits per heavy atom. The molecule has 0 saturated heterocycles. The first kappa shape index (κ1) is 13.0. The average Bonchev–Trinajstić information content (AvgIpc) is 2.31. The monoisotopic (exact) mass is 235 g/mol. The molecule has 0 bridgehead atoms. The summed E-state index contributed by atoms with van der Waals surface area (Å²) in [6.07, 6.45) is 0. The maximum absolute atomic E-state index is 13.4. The lowest BCUT2D eigenvalue weighted by molar-refractivity contribution is 0.0780. The molecule has 0 aliphatic rings. The minimum absolute atomic E-state index is 0.0716. The number of carbonyl (C=O) groups excluding carboxylic acids is 1. The number of anilines is 1. The summed E-state index contributed by atoms with van der Waals surface area (Å²) in [6.45, 7) is 1.95. The van der Waals surface area contributed by atoms with Crippen LogP contribution in [0.5, 0.6) is 0 Å². The van der Waals surface area contributed by atoms with E-state index in [0.29, 0.717) is 5.69 Å². The highest BCUT2D eigenvalue weighted by atomic mass is 19.1. The smallest absolute Gasteiger partial charge is 0.256 e. The molecule has 0 spiro atoms. The summed E-state index contributed by atoms with van der Waals surface area (Å²) in [5.41, 5.74) is 5.76. The summed E-state index contributed by atoms with van der Waals surface area (Å²) in [7, 11) is 1.53. The summed E-state index contributed by atoms with van der Waals surface area (Å²) in [4.78, 5) is 13.2. The van der Waals surface area contributed by atoms with E-state index < -0.39 is 11.7 Å². The van der Waals surface area contributed by atoms with Gasteiger partial charge in [-0.1, -0.05) is 0 Å². The Bertz CT molecular complexity index is 467. The fourth-order valence-electron chi connectivity index (χ4n) is 1.45. The average molecular weight is 235 g/mol. The Labute approximate surface area is 99.4 Å². The third-order valence-electron chi connectivity index (χ3n) is 2.34. The van der Waals surface area contributed by atoms with Gasteiger partial charge in [-0.3, -0.25) is 4.79 Å². The van der Waals surface area contributed by atoms with E-state index in [-0.39, 0.29) is 18.0 Å². The molecule has 5 heteroatoms. The molecule has 1 aromatic carbocycles. The van der Waals surface area contributed by atoms with Gasteiger partial charge in [0.05, 0.1) is 17.6 Å². The molecule has 0 aromatic heterocycles. The topological polar surface area (TPSA) is 70.1 Å². The van der Waals surface area contributed by atoms with Crippen LogP contribution < -0.4 is 5.73 Å². The molecule has 1 unspecified atom stereocenters. The van der Waals surface area contributed by atoms with Crippen LogP contribution in [0.2, 0.25) is 0 Å². The van der Waals surface area contributed by atoms with Crippen LogP contribution in [-0.2, 0) is 0 Å². The van der Waals surface area contributed by atoms with E-state index in [0.717, 1.165) is 6.07 Å². The second-order valence-corrected chi connectivity index (χ2v) is 3.96. The van der Waals surface area contributed by atoms with Gasteiger partial charge in [-0.25, -0.2) is 4.39 Å². The van der Waals surface area contributed by atoms with Crippen molar-refractivity contribution in [3.8, 4) is 6.07 Å². The Morgan fingerprint density at radius 2 is 2.29 bits per heavy atom. The van der Waals surface area contributed by atoms with Gasteiger partial charge in [0.2, 0.25) is 0 Å². The number of halogens is 1. The lowest BCUT2D eigenvalue weighted by atomic mass is 10.1. The molecule has 0 radical (unpaired) electrons. The molecular formula is C12H14FN3O. The second-order valence-electron chi connectivity index (χ2n) is 3.96. The molecule has 90 valence electrons. The Hall–Kier alpha value is -2.09. The van der Waals surface area contributed by atoms with E-state index in [9.17, 15) is 9.18 Å². The predicted octanol–water partition coefficient (Wildman–Crippen LogP) is 1.64. The number of hydrogen-bond acceptors (Lipinski definition) is 3. The van der Waals surface area contributed by atoms with E-state index in [1.165, 1.54) is 24.1 Å². The summed E-state index contributed by atoms with van der Waals surface area (Å²) in [5, 5.41) is 8.65. The SMILES string of the molecule is CC(C#N)CN(C)C(=O)c1cc(N)ccc1F. The van der Waals surface area contributed by atoms with E-state index in [2.05, 4.69) is 0 Å². The van der Waals surface area contributed by atoms with Crippen LogP contribution in [0.15, 0.2) is 18.2 Å². The maximum atomic E-state index is 13.4. The predicted molar refractivity (Wildman–Crippen MR) is 62.5 cm³/mol. The molecular weight excluding hydrogens is 221 g/mol. The first-order chi connectivity index (χ1) is 7.95. The van der Waals surface area contributed by atoms with Crippen molar-refractivity contribution >= 4 is 11.6 Å². The Morgan fingerprint density at radius 1 is 1.65 bits per heavy atom. The summed E-state index contributed by atoms with van der Waals surface area (Å²) >= 11 is 0. The molecule has 2 N–H and O–H groups in total. The molecule has 1 aromatic rings. The quantitative estimate of drug-likeness (QED) is 0.809. The summed E-state index contributed by atoms with van der Waals surface area (Å²) in [6, 6.07) is 5.86. The highest BCUT2D eigenvalue weighted by Crippen LogP contribution is 2.14. The Balaban J connectivity index is 2.89. The number of benzene rings is 1. The van der Waals surface area contributed by atoms with Gasteiger partial charge in [0.1, 0.15) is 5.82 Å². The largest absolute Gasteiger partial charge is 0.399 e. The van der Waals surface area contributed by atoms with Crippen molar-refractivity contribution in [3.63, 3.8) is 0 Å². The first-order valence-corrected chi connectivity index (χ1v) is 5.15. The van der Waals surface area contributed by atoms with Gasteiger partial charge >= 0.3 is 0 Å². The van der Waals surface area contributed by atoms with Crippen LogP contribution >= 0.6 is 0 Å². The van der Waals surface area contributed by atoms with Crippen molar-refractivity contribution < 1.29 is 9.18 Å². The van der Waals surface area contributed by atoms with Crippen molar-refractivity contribution in [2.45, 2.75) is 6.92 Å². The van der Waals surface area contributed by atoms with Crippen LogP contribution in [0.4, 0.5) is 10.1 Å². The fourth-order valence-corrected chi connectivity index (χ4v) is 1.45. The second kappa shape index (κ2) is 5.30. The molecule has 17 heavy (non-hydrogen) atoms. The van der Waals surface area contributed by atoms with Crippen LogP contribution in [0.3, 0.4) is 0 Å². The molecule has 0 heterocycles. The molecule has 0 saturated carbocycles. The lowest BCUT2D eigenvalue weighted by Gasteiger charge is -2.18. The zero-order valence-corrected chi connectivity index (χ0v) is 9.77. The highest BCUT2D eigenvalue weighted by molar-refractivity contribution is 5.95. The fraction of sp³-hybridized carbons (Fsp3) is 0.333. The third-order valence-corrected chi connectivity index (χ3v) is 2.34. The van der Waals surface area contributed by atoms with E-state index >= 15 is 0 Å². The lowest BCUT2D eigenvalue weighted by Crippen LogP contribution is -2.31. The van der Waals surface area contributed by atoms with Crippen LogP contribution in [0, 0.1) is 23.1 Å². The standard InChI is InChI=1S/C12H14FN3O/c1-8(6-14)7-16(2)12(17)10-5-9(15)3-4-11(10)13/h3-5,8H,7,15H2,1-2H3. The van der Waals surface area contributed by atoms with Gasteiger partial charge in [0.15, 0.2) is 0 Å². The van der Waals surface area contributed by atoms with Crippen LogP contribution in [-0.4, -0.2) is 24.4 Å². The van der Waals surface area contributed by atoms with Gasteiger partial charge in [-0.15, -0.1) is 0 Å². The molecule has 1 atom stereocenters. The number of nitrogens with zero attached hydrogens (tertiary/aromatic N) is 2. The number of carbonyl (C=O) groups is 1. The third kappa shape index (κ3) is 3.18. The van der Waals surface area contributed by atoms with Crippen molar-refractivity contribution in [2.24, 2.45) is 5.92 Å². The molecule has 1 rings (SSSR count). The molecule has 0 fully saturated rings. The molecule has 0 aliphatic heterocycles. The first-order valence-electron chi connectivity index (χ1n) is 5.15. The number of nitrogens with two attached hydrogens (primary N) is 1. The van der Waals surface area contributed by atoms with Crippen molar-refractivity contribution in [3.05, 3.63) is 29.6 Å². The molecule has 0 aliphatic carbocycles. The number of hydrogen-bond donors (Lipinski definition) is 1. The van der Waals surface area contributed by atoms with Gasteiger partial charge in [-0.05, 0) is 25.1 Å². The van der Waals surface area contributed by atoms with Crippen molar-refractivity contribution in [1.29, 1.82) is 5.26 Å².